The first-order valence-corrected chi connectivity index (χ1v) is 9.64. The van der Waals surface area contributed by atoms with Crippen molar-refractivity contribution in [2.45, 2.75) is 25.9 Å². The Morgan fingerprint density at radius 3 is 2.68 bits per heavy atom. The molecule has 1 N–H and O–H groups in total. The van der Waals surface area contributed by atoms with Gasteiger partial charge in [-0.2, -0.15) is 13.2 Å². The Bertz CT molecular complexity index is 1040. The van der Waals surface area contributed by atoms with Gasteiger partial charge in [0.15, 0.2) is 0 Å². The van der Waals surface area contributed by atoms with Crippen molar-refractivity contribution < 1.29 is 18.0 Å². The molecule has 0 spiro atoms. The van der Waals surface area contributed by atoms with Crippen LogP contribution in [0.5, 0.6) is 0 Å². The first-order chi connectivity index (χ1) is 13.3. The highest BCUT2D eigenvalue weighted by atomic mass is 32.1. The molecule has 1 amide bonds. The smallest absolute Gasteiger partial charge is 0.356 e. The van der Waals surface area contributed by atoms with Gasteiger partial charge in [0, 0.05) is 23.7 Å². The van der Waals surface area contributed by atoms with Crippen molar-refractivity contribution in [3.05, 3.63) is 46.6 Å². The van der Waals surface area contributed by atoms with Crippen LogP contribution in [-0.4, -0.2) is 29.0 Å². The number of hydrogen-bond donors (Lipinski definition) is 1. The summed E-state index contributed by atoms with van der Waals surface area (Å²) in [4.78, 5) is 25.2. The maximum Gasteiger partial charge on any atom is 0.416 e. The number of carbonyl (C=O) groups excluding carboxylic acids is 1. The first kappa shape index (κ1) is 18.7. The van der Waals surface area contributed by atoms with Gasteiger partial charge in [0.05, 0.1) is 16.5 Å². The zero-order chi connectivity index (χ0) is 19.9. The number of nitrogens with zero attached hydrogens (tertiary/aromatic N) is 3. The number of benzene rings is 1. The first-order valence-electron chi connectivity index (χ1n) is 8.82. The van der Waals surface area contributed by atoms with E-state index in [4.69, 9.17) is 0 Å². The van der Waals surface area contributed by atoms with Crippen molar-refractivity contribution in [1.29, 1.82) is 0 Å². The number of fused-ring (bicyclic) bond motifs is 1. The number of carbonyl (C=O) groups is 1. The number of aryl methyl sites for hydroxylation is 1. The Balaban J connectivity index is 1.73. The minimum absolute atomic E-state index is 0.0955. The van der Waals surface area contributed by atoms with Crippen LogP contribution in [0.1, 0.15) is 33.6 Å². The molecule has 0 atom stereocenters. The number of anilines is 2. The number of amides is 1. The Labute approximate surface area is 163 Å². The molecule has 5 nitrogen and oxygen atoms in total. The summed E-state index contributed by atoms with van der Waals surface area (Å²) in [7, 11) is 0. The fourth-order valence-electron chi connectivity index (χ4n) is 3.44. The van der Waals surface area contributed by atoms with E-state index >= 15 is 0 Å². The van der Waals surface area contributed by atoms with E-state index < -0.39 is 17.6 Å². The number of aromatic nitrogens is 2. The van der Waals surface area contributed by atoms with Crippen molar-refractivity contribution in [1.82, 2.24) is 9.97 Å². The van der Waals surface area contributed by atoms with Crippen LogP contribution in [0.3, 0.4) is 0 Å². The summed E-state index contributed by atoms with van der Waals surface area (Å²) in [6.45, 7) is 3.52. The lowest BCUT2D eigenvalue weighted by Crippen LogP contribution is -2.20. The molecule has 3 aromatic rings. The molecule has 146 valence electrons. The average Bonchev–Trinajstić information content (AvgIpc) is 3.27. The van der Waals surface area contributed by atoms with Crippen LogP contribution < -0.4 is 10.2 Å². The molecule has 1 aromatic carbocycles. The summed E-state index contributed by atoms with van der Waals surface area (Å²) >= 11 is 1.38. The SMILES string of the molecule is Cc1sc2ncnc(N3CCCC3)c2c1C(=O)Nc1cccc(C(F)(F)F)c1. The van der Waals surface area contributed by atoms with Gasteiger partial charge in [-0.15, -0.1) is 11.3 Å². The van der Waals surface area contributed by atoms with E-state index in [2.05, 4.69) is 20.2 Å². The maximum absolute atomic E-state index is 13.0. The molecule has 9 heteroatoms. The van der Waals surface area contributed by atoms with Gasteiger partial charge >= 0.3 is 6.18 Å². The quantitative estimate of drug-likeness (QED) is 0.674. The van der Waals surface area contributed by atoms with Gasteiger partial charge in [0.1, 0.15) is 17.0 Å². The van der Waals surface area contributed by atoms with E-state index in [1.165, 1.54) is 29.8 Å². The maximum atomic E-state index is 13.0. The highest BCUT2D eigenvalue weighted by molar-refractivity contribution is 7.19. The fourth-order valence-corrected chi connectivity index (χ4v) is 4.42. The molecule has 0 unspecified atom stereocenters. The van der Waals surface area contributed by atoms with E-state index in [9.17, 15) is 18.0 Å². The summed E-state index contributed by atoms with van der Waals surface area (Å²) in [6, 6.07) is 4.62. The standard InChI is InChI=1S/C19H17F3N4OS/c1-11-14(17(27)25-13-6-4-5-12(9-13)19(20,21)22)15-16(26-7-2-3-8-26)23-10-24-18(15)28-11/h4-6,9-10H,2-3,7-8H2,1H3,(H,25,27). The number of halogens is 3. The molecule has 28 heavy (non-hydrogen) atoms. The summed E-state index contributed by atoms with van der Waals surface area (Å²) in [5.41, 5.74) is -0.295. The third-order valence-corrected chi connectivity index (χ3v) is 5.74. The highest BCUT2D eigenvalue weighted by Crippen LogP contribution is 2.37. The number of alkyl halides is 3. The Morgan fingerprint density at radius 1 is 1.21 bits per heavy atom. The second-order valence-electron chi connectivity index (χ2n) is 6.64. The van der Waals surface area contributed by atoms with Gasteiger partial charge in [-0.25, -0.2) is 9.97 Å². The van der Waals surface area contributed by atoms with Crippen molar-refractivity contribution in [3.63, 3.8) is 0 Å². The topological polar surface area (TPSA) is 58.1 Å². The molecule has 2 aromatic heterocycles. The normalized spacial score (nSPS) is 14.6. The van der Waals surface area contributed by atoms with Crippen LogP contribution in [0.2, 0.25) is 0 Å². The molecule has 4 rings (SSSR count). The monoisotopic (exact) mass is 406 g/mol. The van der Waals surface area contributed by atoms with Gasteiger partial charge < -0.3 is 10.2 Å². The predicted molar refractivity (Wildman–Crippen MR) is 103 cm³/mol. The van der Waals surface area contributed by atoms with Gasteiger partial charge in [0.25, 0.3) is 5.91 Å². The van der Waals surface area contributed by atoms with Crippen LogP contribution in [0, 0.1) is 6.92 Å². The Kier molecular flexibility index (Phi) is 4.70. The second-order valence-corrected chi connectivity index (χ2v) is 7.84. The summed E-state index contributed by atoms with van der Waals surface area (Å²) in [5.74, 6) is 0.249. The molecule has 0 aliphatic carbocycles. The second kappa shape index (κ2) is 7.05. The molecule has 3 heterocycles. The number of nitrogens with one attached hydrogen (secondary N) is 1. The number of thiophene rings is 1. The molecular formula is C19H17F3N4OS. The molecule has 0 saturated carbocycles. The lowest BCUT2D eigenvalue weighted by molar-refractivity contribution is -0.137. The van der Waals surface area contributed by atoms with Crippen LogP contribution in [0.15, 0.2) is 30.6 Å². The van der Waals surface area contributed by atoms with Gasteiger partial charge in [-0.05, 0) is 38.0 Å². The molecule has 1 aliphatic rings. The Morgan fingerprint density at radius 2 is 1.96 bits per heavy atom. The largest absolute Gasteiger partial charge is 0.416 e. The van der Waals surface area contributed by atoms with Crippen LogP contribution >= 0.6 is 11.3 Å². The van der Waals surface area contributed by atoms with Crippen molar-refractivity contribution in [2.24, 2.45) is 0 Å². The lowest BCUT2D eigenvalue weighted by Gasteiger charge is -2.17. The molecule has 0 bridgehead atoms. The molecule has 1 aliphatic heterocycles. The van der Waals surface area contributed by atoms with E-state index in [0.29, 0.717) is 21.6 Å². The van der Waals surface area contributed by atoms with Crippen LogP contribution in [0.4, 0.5) is 24.7 Å². The number of rotatable bonds is 3. The minimum atomic E-state index is -4.47. The zero-order valence-corrected chi connectivity index (χ0v) is 15.8. The van der Waals surface area contributed by atoms with Crippen molar-refractivity contribution in [2.75, 3.05) is 23.3 Å². The van der Waals surface area contributed by atoms with Crippen molar-refractivity contribution in [3.8, 4) is 0 Å². The van der Waals surface area contributed by atoms with E-state index in [0.717, 1.165) is 42.9 Å². The lowest BCUT2D eigenvalue weighted by atomic mass is 10.1. The van der Waals surface area contributed by atoms with Crippen LogP contribution in [-0.2, 0) is 6.18 Å². The third kappa shape index (κ3) is 3.42. The zero-order valence-electron chi connectivity index (χ0n) is 15.0. The predicted octanol–water partition coefficient (Wildman–Crippen LogP) is 4.87. The van der Waals surface area contributed by atoms with E-state index in [1.54, 1.807) is 6.92 Å². The van der Waals surface area contributed by atoms with E-state index in [1.807, 2.05) is 0 Å². The molecule has 1 saturated heterocycles. The minimum Gasteiger partial charge on any atom is -0.356 e. The van der Waals surface area contributed by atoms with Crippen molar-refractivity contribution >= 4 is 39.0 Å². The van der Waals surface area contributed by atoms with Crippen LogP contribution in [0.25, 0.3) is 10.2 Å². The molecular weight excluding hydrogens is 389 g/mol. The number of hydrogen-bond acceptors (Lipinski definition) is 5. The third-order valence-electron chi connectivity index (χ3n) is 4.72. The van der Waals surface area contributed by atoms with Gasteiger partial charge in [0.2, 0.25) is 0 Å². The summed E-state index contributed by atoms with van der Waals surface area (Å²) < 4.78 is 38.8. The molecule has 0 radical (unpaired) electrons. The van der Waals surface area contributed by atoms with E-state index in [-0.39, 0.29) is 5.69 Å². The summed E-state index contributed by atoms with van der Waals surface area (Å²) in [5, 5.41) is 3.26. The van der Waals surface area contributed by atoms with Gasteiger partial charge in [-0.1, -0.05) is 6.07 Å². The average molecular weight is 406 g/mol. The van der Waals surface area contributed by atoms with Gasteiger partial charge in [-0.3, -0.25) is 4.79 Å². The fraction of sp³-hybridized carbons (Fsp3) is 0.316. The highest BCUT2D eigenvalue weighted by Gasteiger charge is 2.31. The summed E-state index contributed by atoms with van der Waals surface area (Å²) in [6.07, 6.45) is -0.871. The molecule has 1 fully saturated rings. The Hall–Kier alpha value is -2.68.